The average molecular weight is 240 g/mol. The number of thiazole rings is 1. The second-order valence-corrected chi connectivity index (χ2v) is 8.99. The van der Waals surface area contributed by atoms with Gasteiger partial charge < -0.3 is 4.72 Å². The Hall–Kier alpha value is -0.270. The van der Waals surface area contributed by atoms with Gasteiger partial charge in [-0.25, -0.2) is 4.98 Å². The van der Waals surface area contributed by atoms with E-state index >= 15 is 0 Å². The lowest BCUT2D eigenvalue weighted by atomic mass is 10.5. The molecule has 7 heteroatoms. The van der Waals surface area contributed by atoms with E-state index in [0.717, 1.165) is 11.3 Å². The van der Waals surface area contributed by atoms with Gasteiger partial charge in [-0.05, 0) is 12.5 Å². The number of rotatable bonds is 2. The zero-order valence-electron chi connectivity index (χ0n) is 7.07. The topological polar surface area (TPSA) is 42.0 Å². The van der Waals surface area contributed by atoms with Crippen LogP contribution >= 0.6 is 32.2 Å². The molecule has 0 fully saturated rings. The van der Waals surface area contributed by atoms with E-state index in [1.807, 2.05) is 0 Å². The number of aromatic nitrogens is 1. The molecule has 1 heterocycles. The van der Waals surface area contributed by atoms with Gasteiger partial charge in [0.15, 0.2) is 0 Å². The summed E-state index contributed by atoms with van der Waals surface area (Å²) in [5, 5.41) is 0.779. The predicted octanol–water partition coefficient (Wildman–Crippen LogP) is 1.84. The number of carbonyl (C=O) groups is 1. The van der Waals surface area contributed by atoms with Gasteiger partial charge in [-0.1, -0.05) is 11.3 Å². The van der Waals surface area contributed by atoms with Crippen molar-refractivity contribution in [2.75, 3.05) is 12.5 Å². The predicted molar refractivity (Wildman–Crippen MR) is 58.0 cm³/mol. The smallest absolute Gasteiger partial charge is 0.280 e. The van der Waals surface area contributed by atoms with E-state index in [1.54, 1.807) is 12.5 Å². The minimum absolute atomic E-state index is 0.108. The van der Waals surface area contributed by atoms with Crippen molar-refractivity contribution in [2.45, 2.75) is 0 Å². The van der Waals surface area contributed by atoms with Gasteiger partial charge in [-0.15, -0.1) is 20.9 Å². The highest BCUT2D eigenvalue weighted by Gasteiger charge is 2.15. The van der Waals surface area contributed by atoms with Gasteiger partial charge in [0.25, 0.3) is 11.2 Å². The second kappa shape index (κ2) is 3.85. The summed E-state index contributed by atoms with van der Waals surface area (Å²) in [4.78, 5) is 14.7. The first-order chi connectivity index (χ1) is 5.88. The first kappa shape index (κ1) is 10.8. The Kier molecular flexibility index (Phi) is 3.20. The number of thiol groups is 1. The van der Waals surface area contributed by atoms with Crippen LogP contribution in [0.15, 0.2) is 5.38 Å². The molecule has 0 bridgehead atoms. The third-order valence-corrected chi connectivity index (χ3v) is 2.64. The van der Waals surface area contributed by atoms with Gasteiger partial charge in [-0.3, -0.25) is 4.79 Å². The number of halogens is 1. The van der Waals surface area contributed by atoms with Crippen LogP contribution in [0.3, 0.4) is 0 Å². The van der Waals surface area contributed by atoms with Crippen LogP contribution in [0.2, 0.25) is 0 Å². The van der Waals surface area contributed by atoms with E-state index in [0.29, 0.717) is 0 Å². The standard InChI is InChI=1S/C6H9FN2OS3/c1-13(2,11)9-5(10)4-3-12-6(7)8-4/h3,11H,1-2H3,(H,9,10). The summed E-state index contributed by atoms with van der Waals surface area (Å²) in [6, 6.07) is 0. The Bertz CT molecular complexity index is 320. The summed E-state index contributed by atoms with van der Waals surface area (Å²) >= 11 is 4.99. The van der Waals surface area contributed by atoms with Crippen molar-refractivity contribution >= 4 is 38.2 Å². The van der Waals surface area contributed by atoms with Crippen LogP contribution in [0.1, 0.15) is 10.5 Å². The normalized spacial score (nSPS) is 12.6. The fourth-order valence-electron chi connectivity index (χ4n) is 0.635. The Morgan fingerprint density at radius 3 is 2.77 bits per heavy atom. The maximum Gasteiger partial charge on any atom is 0.280 e. The summed E-state index contributed by atoms with van der Waals surface area (Å²) in [5.74, 6) is -0.379. The lowest BCUT2D eigenvalue weighted by Gasteiger charge is -2.24. The molecule has 1 N–H and O–H groups in total. The maximum atomic E-state index is 12.4. The van der Waals surface area contributed by atoms with Crippen LogP contribution in [0.25, 0.3) is 0 Å². The van der Waals surface area contributed by atoms with E-state index in [-0.39, 0.29) is 11.6 Å². The molecule has 0 unspecified atom stereocenters. The van der Waals surface area contributed by atoms with Crippen LogP contribution in [-0.2, 0) is 0 Å². The molecule has 1 rings (SSSR count). The molecule has 0 saturated heterocycles. The zero-order valence-corrected chi connectivity index (χ0v) is 9.60. The van der Waals surface area contributed by atoms with Gasteiger partial charge in [0.2, 0.25) is 0 Å². The van der Waals surface area contributed by atoms with Crippen molar-refractivity contribution in [3.63, 3.8) is 0 Å². The van der Waals surface area contributed by atoms with Crippen molar-refractivity contribution < 1.29 is 9.18 Å². The molecule has 74 valence electrons. The maximum absolute atomic E-state index is 12.4. The molecule has 1 amide bonds. The van der Waals surface area contributed by atoms with Gasteiger partial charge in [0, 0.05) is 5.38 Å². The molecule has 0 atom stereocenters. The molecule has 1 aromatic heterocycles. The molecule has 0 radical (unpaired) electrons. The number of amides is 1. The Morgan fingerprint density at radius 1 is 1.77 bits per heavy atom. The molecule has 0 aliphatic rings. The van der Waals surface area contributed by atoms with Gasteiger partial charge in [0.1, 0.15) is 5.69 Å². The average Bonchev–Trinajstić information content (AvgIpc) is 2.31. The van der Waals surface area contributed by atoms with Crippen molar-refractivity contribution in [1.82, 2.24) is 9.71 Å². The molecule has 13 heavy (non-hydrogen) atoms. The van der Waals surface area contributed by atoms with Gasteiger partial charge >= 0.3 is 0 Å². The van der Waals surface area contributed by atoms with Crippen molar-refractivity contribution in [3.05, 3.63) is 16.3 Å². The highest BCUT2D eigenvalue weighted by atomic mass is 33.1. The summed E-state index contributed by atoms with van der Waals surface area (Å²) in [6.07, 6.45) is 3.60. The summed E-state index contributed by atoms with van der Waals surface area (Å²) in [6.45, 7) is 0. The SMILES string of the molecule is CS(C)(S)NC(=O)c1csc(F)n1. The third-order valence-electron chi connectivity index (χ3n) is 1.05. The molecule has 0 aromatic carbocycles. The Morgan fingerprint density at radius 2 is 2.38 bits per heavy atom. The van der Waals surface area contributed by atoms with Crippen LogP contribution in [0.4, 0.5) is 4.39 Å². The van der Waals surface area contributed by atoms with Gasteiger partial charge in [-0.2, -0.15) is 4.39 Å². The van der Waals surface area contributed by atoms with Crippen molar-refractivity contribution in [2.24, 2.45) is 0 Å². The first-order valence-corrected chi connectivity index (χ1v) is 7.65. The Balaban J connectivity index is 2.70. The number of carbonyl (C=O) groups excluding carboxylic acids is 1. The lowest BCUT2D eigenvalue weighted by molar-refractivity contribution is 0.0979. The zero-order chi connectivity index (χ0) is 10.1. The summed E-state index contributed by atoms with van der Waals surface area (Å²) < 4.78 is 15.1. The van der Waals surface area contributed by atoms with E-state index in [2.05, 4.69) is 21.4 Å². The molecule has 0 spiro atoms. The number of hydrogen-bond acceptors (Lipinski definition) is 4. The fraction of sp³-hybridized carbons (Fsp3) is 0.333. The minimum atomic E-state index is -1.43. The van der Waals surface area contributed by atoms with Crippen LogP contribution < -0.4 is 4.72 Å². The fourth-order valence-corrected chi connectivity index (χ4v) is 1.96. The monoisotopic (exact) mass is 240 g/mol. The first-order valence-electron chi connectivity index (χ1n) is 3.27. The highest BCUT2D eigenvalue weighted by molar-refractivity contribution is 8.86. The molecule has 1 aromatic rings. The third kappa shape index (κ3) is 3.53. The van der Waals surface area contributed by atoms with Crippen molar-refractivity contribution in [3.8, 4) is 0 Å². The minimum Gasteiger partial charge on any atom is -0.305 e. The largest absolute Gasteiger partial charge is 0.305 e. The number of hydrogen-bond donors (Lipinski definition) is 2. The number of nitrogens with one attached hydrogen (secondary N) is 1. The molecular formula is C6H9FN2OS3. The highest BCUT2D eigenvalue weighted by Crippen LogP contribution is 2.39. The molecular weight excluding hydrogens is 231 g/mol. The Labute approximate surface area is 86.0 Å². The van der Waals surface area contributed by atoms with E-state index in [1.165, 1.54) is 5.38 Å². The molecule has 0 aliphatic carbocycles. The molecule has 0 aliphatic heterocycles. The quantitative estimate of drug-likeness (QED) is 0.612. The van der Waals surface area contributed by atoms with E-state index in [9.17, 15) is 9.18 Å². The lowest BCUT2D eigenvalue weighted by Crippen LogP contribution is -2.23. The molecule has 0 saturated carbocycles. The van der Waals surface area contributed by atoms with Gasteiger partial charge in [0.05, 0.1) is 0 Å². The van der Waals surface area contributed by atoms with Crippen LogP contribution in [0.5, 0.6) is 0 Å². The van der Waals surface area contributed by atoms with Crippen LogP contribution in [-0.4, -0.2) is 23.4 Å². The van der Waals surface area contributed by atoms with E-state index in [4.69, 9.17) is 0 Å². The summed E-state index contributed by atoms with van der Waals surface area (Å²) in [7, 11) is -1.43. The van der Waals surface area contributed by atoms with Crippen molar-refractivity contribution in [1.29, 1.82) is 0 Å². The van der Waals surface area contributed by atoms with Crippen LogP contribution in [0, 0.1) is 5.26 Å². The van der Waals surface area contributed by atoms with E-state index < -0.39 is 14.5 Å². The second-order valence-electron chi connectivity index (χ2n) is 2.69. The number of nitrogens with zero attached hydrogens (tertiary/aromatic N) is 1. The summed E-state index contributed by atoms with van der Waals surface area (Å²) in [5.41, 5.74) is 0.108. The molecule has 3 nitrogen and oxygen atoms in total.